The highest BCUT2D eigenvalue weighted by molar-refractivity contribution is 7.91. The first kappa shape index (κ1) is 17.2. The lowest BCUT2D eigenvalue weighted by Gasteiger charge is -2.15. The highest BCUT2D eigenvalue weighted by atomic mass is 32.2. The molecular formula is C16H27NO2S. The predicted octanol–water partition coefficient (Wildman–Crippen LogP) is 3.25. The highest BCUT2D eigenvalue weighted by Gasteiger charge is 2.17. The first-order valence-electron chi connectivity index (χ1n) is 7.44. The molecule has 0 radical (unpaired) electrons. The van der Waals surface area contributed by atoms with Crippen molar-refractivity contribution in [3.63, 3.8) is 0 Å². The predicted molar refractivity (Wildman–Crippen MR) is 85.0 cm³/mol. The van der Waals surface area contributed by atoms with Crippen LogP contribution in [0.1, 0.15) is 44.2 Å². The van der Waals surface area contributed by atoms with Gasteiger partial charge in [0.05, 0.1) is 10.6 Å². The monoisotopic (exact) mass is 297 g/mol. The van der Waals surface area contributed by atoms with Crippen molar-refractivity contribution < 1.29 is 8.42 Å². The minimum atomic E-state index is -3.15. The summed E-state index contributed by atoms with van der Waals surface area (Å²) in [6, 6.07) is 5.96. The van der Waals surface area contributed by atoms with Gasteiger partial charge in [0.15, 0.2) is 9.84 Å². The summed E-state index contributed by atoms with van der Waals surface area (Å²) in [6.45, 7) is 8.99. The van der Waals surface area contributed by atoms with Crippen molar-refractivity contribution in [2.75, 3.05) is 12.3 Å². The number of hydrogen-bond acceptors (Lipinski definition) is 3. The minimum absolute atomic E-state index is 0.235. The fraction of sp³-hybridized carbons (Fsp3) is 0.625. The quantitative estimate of drug-likeness (QED) is 0.801. The molecule has 114 valence electrons. The molecule has 1 N–H and O–H groups in total. The summed E-state index contributed by atoms with van der Waals surface area (Å²) < 4.78 is 24.7. The van der Waals surface area contributed by atoms with Crippen molar-refractivity contribution in [3.8, 4) is 0 Å². The van der Waals surface area contributed by atoms with Crippen molar-refractivity contribution in [1.29, 1.82) is 0 Å². The summed E-state index contributed by atoms with van der Waals surface area (Å²) in [5, 5.41) is 3.38. The van der Waals surface area contributed by atoms with Gasteiger partial charge in [0.25, 0.3) is 0 Å². The molecule has 0 aromatic heterocycles. The molecule has 0 bridgehead atoms. The molecule has 0 spiro atoms. The van der Waals surface area contributed by atoms with E-state index in [9.17, 15) is 8.42 Å². The average Bonchev–Trinajstić information content (AvgIpc) is 2.37. The lowest BCUT2D eigenvalue weighted by Crippen LogP contribution is -2.28. The smallest absolute Gasteiger partial charge is 0.178 e. The summed E-state index contributed by atoms with van der Waals surface area (Å²) >= 11 is 0. The Labute approximate surface area is 123 Å². The summed E-state index contributed by atoms with van der Waals surface area (Å²) in [4.78, 5) is 0.486. The highest BCUT2D eigenvalue weighted by Crippen LogP contribution is 2.19. The molecule has 4 heteroatoms. The minimum Gasteiger partial charge on any atom is -0.314 e. The molecule has 0 aliphatic carbocycles. The van der Waals surface area contributed by atoms with E-state index in [0.717, 1.165) is 30.5 Å². The Kier molecular flexibility index (Phi) is 6.69. The van der Waals surface area contributed by atoms with Crippen LogP contribution in [0.15, 0.2) is 23.1 Å². The first-order chi connectivity index (χ1) is 9.40. The van der Waals surface area contributed by atoms with Crippen LogP contribution in [0.2, 0.25) is 0 Å². The van der Waals surface area contributed by atoms with E-state index >= 15 is 0 Å². The van der Waals surface area contributed by atoms with Crippen LogP contribution in [0.4, 0.5) is 0 Å². The van der Waals surface area contributed by atoms with Gasteiger partial charge in [-0.25, -0.2) is 8.42 Å². The van der Waals surface area contributed by atoms with Gasteiger partial charge >= 0.3 is 0 Å². The van der Waals surface area contributed by atoms with Crippen molar-refractivity contribution in [2.24, 2.45) is 0 Å². The molecule has 0 aliphatic heterocycles. The molecule has 0 saturated heterocycles. The molecular weight excluding hydrogens is 270 g/mol. The van der Waals surface area contributed by atoms with Crippen molar-refractivity contribution in [3.05, 3.63) is 29.3 Å². The molecule has 0 saturated carbocycles. The fourth-order valence-electron chi connectivity index (χ4n) is 2.52. The van der Waals surface area contributed by atoms with E-state index in [1.165, 1.54) is 0 Å². The summed E-state index contributed by atoms with van der Waals surface area (Å²) in [6.07, 6.45) is 2.66. The maximum absolute atomic E-state index is 12.4. The lowest BCUT2D eigenvalue weighted by molar-refractivity contribution is 0.475. The normalized spacial score (nSPS) is 13.4. The molecule has 20 heavy (non-hydrogen) atoms. The Morgan fingerprint density at radius 3 is 2.45 bits per heavy atom. The van der Waals surface area contributed by atoms with Gasteiger partial charge in [0.2, 0.25) is 0 Å². The van der Waals surface area contributed by atoms with Gasteiger partial charge in [0, 0.05) is 6.04 Å². The molecule has 0 aliphatic rings. The standard InChI is InChI=1S/C16H27NO2S/c1-5-15(17-6-2)8-7-11-20(18,19)16-10-9-13(3)12-14(16)4/h9-10,12,15,17H,5-8,11H2,1-4H3. The Morgan fingerprint density at radius 2 is 1.90 bits per heavy atom. The molecule has 1 unspecified atom stereocenters. The van der Waals surface area contributed by atoms with Gasteiger partial charge in [-0.05, 0) is 51.3 Å². The zero-order chi connectivity index (χ0) is 15.2. The van der Waals surface area contributed by atoms with Crippen molar-refractivity contribution >= 4 is 9.84 Å². The number of rotatable bonds is 8. The van der Waals surface area contributed by atoms with Crippen LogP contribution in [0, 0.1) is 13.8 Å². The topological polar surface area (TPSA) is 46.2 Å². The van der Waals surface area contributed by atoms with Crippen LogP contribution in [0.3, 0.4) is 0 Å². The third-order valence-corrected chi connectivity index (χ3v) is 5.57. The Morgan fingerprint density at radius 1 is 1.20 bits per heavy atom. The molecule has 1 rings (SSSR count). The Balaban J connectivity index is 2.66. The second-order valence-corrected chi connectivity index (χ2v) is 7.47. The largest absolute Gasteiger partial charge is 0.314 e. The van der Waals surface area contributed by atoms with Crippen LogP contribution in [-0.4, -0.2) is 26.8 Å². The SMILES string of the molecule is CCNC(CC)CCCS(=O)(=O)c1ccc(C)cc1C. The average molecular weight is 297 g/mol. The zero-order valence-corrected chi connectivity index (χ0v) is 13.9. The molecule has 0 fully saturated rings. The van der Waals surface area contributed by atoms with Gasteiger partial charge in [-0.1, -0.05) is 31.5 Å². The second-order valence-electron chi connectivity index (χ2n) is 5.39. The molecule has 1 aromatic carbocycles. The summed E-state index contributed by atoms with van der Waals surface area (Å²) in [7, 11) is -3.15. The van der Waals surface area contributed by atoms with E-state index < -0.39 is 9.84 Å². The maximum Gasteiger partial charge on any atom is 0.178 e. The third-order valence-electron chi connectivity index (χ3n) is 3.62. The van der Waals surface area contributed by atoms with E-state index in [1.807, 2.05) is 26.0 Å². The third kappa shape index (κ3) is 4.91. The lowest BCUT2D eigenvalue weighted by atomic mass is 10.1. The molecule has 0 amide bonds. The molecule has 3 nitrogen and oxygen atoms in total. The first-order valence-corrected chi connectivity index (χ1v) is 9.09. The number of aryl methyl sites for hydroxylation is 2. The molecule has 0 heterocycles. The van der Waals surface area contributed by atoms with E-state index in [4.69, 9.17) is 0 Å². The molecule has 1 atom stereocenters. The van der Waals surface area contributed by atoms with Gasteiger partial charge < -0.3 is 5.32 Å². The number of hydrogen-bond donors (Lipinski definition) is 1. The van der Waals surface area contributed by atoms with Crippen LogP contribution >= 0.6 is 0 Å². The van der Waals surface area contributed by atoms with Crippen molar-refractivity contribution in [2.45, 2.75) is 57.9 Å². The van der Waals surface area contributed by atoms with E-state index in [0.29, 0.717) is 17.4 Å². The van der Waals surface area contributed by atoms with E-state index in [1.54, 1.807) is 6.07 Å². The fourth-order valence-corrected chi connectivity index (χ4v) is 4.11. The van der Waals surface area contributed by atoms with Crippen molar-refractivity contribution in [1.82, 2.24) is 5.32 Å². The Bertz CT molecular complexity index is 523. The zero-order valence-electron chi connectivity index (χ0n) is 13.1. The number of benzene rings is 1. The summed E-state index contributed by atoms with van der Waals surface area (Å²) in [5.74, 6) is 0.235. The second kappa shape index (κ2) is 7.79. The van der Waals surface area contributed by atoms with Gasteiger partial charge in [-0.3, -0.25) is 0 Å². The maximum atomic E-state index is 12.4. The van der Waals surface area contributed by atoms with Gasteiger partial charge in [-0.2, -0.15) is 0 Å². The number of sulfone groups is 1. The van der Waals surface area contributed by atoms with Crippen LogP contribution in [-0.2, 0) is 9.84 Å². The van der Waals surface area contributed by atoms with Gasteiger partial charge in [0.1, 0.15) is 0 Å². The molecule has 1 aromatic rings. The van der Waals surface area contributed by atoms with E-state index in [2.05, 4.69) is 19.2 Å². The van der Waals surface area contributed by atoms with E-state index in [-0.39, 0.29) is 5.75 Å². The van der Waals surface area contributed by atoms with Crippen LogP contribution in [0.25, 0.3) is 0 Å². The number of nitrogens with one attached hydrogen (secondary N) is 1. The van der Waals surface area contributed by atoms with Gasteiger partial charge in [-0.15, -0.1) is 0 Å². The van der Waals surface area contributed by atoms with Crippen LogP contribution < -0.4 is 5.32 Å². The van der Waals surface area contributed by atoms with Crippen LogP contribution in [0.5, 0.6) is 0 Å². The summed E-state index contributed by atoms with van der Waals surface area (Å²) in [5.41, 5.74) is 1.95. The Hall–Kier alpha value is -0.870.